The Morgan fingerprint density at radius 2 is 2.12 bits per heavy atom. The lowest BCUT2D eigenvalue weighted by atomic mass is 10.2. The van der Waals surface area contributed by atoms with Crippen LogP contribution in [0.5, 0.6) is 5.75 Å². The molecule has 0 saturated carbocycles. The molecule has 1 aliphatic heterocycles. The number of hydrogen-bond donors (Lipinski definition) is 0. The van der Waals surface area contributed by atoms with Crippen molar-refractivity contribution in [3.05, 3.63) is 22.4 Å². The number of epoxide rings is 1. The molecule has 3 nitrogen and oxygen atoms in total. The Morgan fingerprint density at radius 1 is 1.50 bits per heavy atom. The molecule has 1 aromatic rings. The Labute approximate surface area is 105 Å². The summed E-state index contributed by atoms with van der Waals surface area (Å²) in [4.78, 5) is 4.25. The van der Waals surface area contributed by atoms with Gasteiger partial charge in [-0.25, -0.2) is 4.98 Å². The summed E-state index contributed by atoms with van der Waals surface area (Å²) in [7, 11) is 0. The van der Waals surface area contributed by atoms with E-state index in [1.165, 1.54) is 0 Å². The maximum absolute atomic E-state index is 5.58. The zero-order valence-corrected chi connectivity index (χ0v) is 11.8. The van der Waals surface area contributed by atoms with Gasteiger partial charge in [-0.3, -0.25) is 0 Å². The minimum absolute atomic E-state index is 0.0790. The van der Waals surface area contributed by atoms with Crippen molar-refractivity contribution in [1.29, 1.82) is 0 Å². The zero-order chi connectivity index (χ0) is 12.2. The van der Waals surface area contributed by atoms with Crippen LogP contribution < -0.4 is 4.74 Å². The van der Waals surface area contributed by atoms with Crippen molar-refractivity contribution in [2.45, 2.75) is 33.3 Å². The van der Waals surface area contributed by atoms with Gasteiger partial charge in [-0.2, -0.15) is 0 Å². The van der Waals surface area contributed by atoms with Crippen LogP contribution >= 0.6 is 15.9 Å². The van der Waals surface area contributed by atoms with E-state index < -0.39 is 0 Å². The largest absolute Gasteiger partial charge is 0.488 e. The highest BCUT2D eigenvalue weighted by molar-refractivity contribution is 9.10. The number of rotatable bonds is 3. The van der Waals surface area contributed by atoms with E-state index in [0.717, 1.165) is 22.7 Å². The van der Waals surface area contributed by atoms with Gasteiger partial charge in [0.2, 0.25) is 0 Å². The number of hydrogen-bond acceptors (Lipinski definition) is 3. The van der Waals surface area contributed by atoms with Crippen molar-refractivity contribution in [3.63, 3.8) is 0 Å². The molecular weight excluding hydrogens is 270 g/mol. The van der Waals surface area contributed by atoms with Crippen LogP contribution in [0.1, 0.15) is 26.5 Å². The fraction of sp³-hybridized carbons (Fsp3) is 0.583. The van der Waals surface area contributed by atoms with Crippen LogP contribution in [-0.2, 0) is 4.74 Å². The first-order valence-corrected chi connectivity index (χ1v) is 6.28. The van der Waals surface area contributed by atoms with Crippen molar-refractivity contribution in [1.82, 2.24) is 4.98 Å². The first kappa shape index (κ1) is 13.5. The third-order valence-corrected chi connectivity index (χ3v) is 2.69. The zero-order valence-electron chi connectivity index (χ0n) is 10.2. The quantitative estimate of drug-likeness (QED) is 0.632. The molecule has 2 heterocycles. The third-order valence-electron chi connectivity index (χ3n) is 2.12. The summed E-state index contributed by atoms with van der Waals surface area (Å²) in [6.45, 7) is 9.34. The van der Waals surface area contributed by atoms with Gasteiger partial charge >= 0.3 is 0 Å². The predicted molar refractivity (Wildman–Crippen MR) is 67.9 cm³/mol. The molecule has 0 radical (unpaired) electrons. The van der Waals surface area contributed by atoms with Crippen LogP contribution in [-0.4, -0.2) is 23.8 Å². The number of ether oxygens (including phenoxy) is 2. The molecule has 0 amide bonds. The van der Waals surface area contributed by atoms with E-state index in [2.05, 4.69) is 20.9 Å². The van der Waals surface area contributed by atoms with E-state index in [1.807, 2.05) is 39.8 Å². The van der Waals surface area contributed by atoms with E-state index in [4.69, 9.17) is 9.47 Å². The van der Waals surface area contributed by atoms with Crippen LogP contribution in [0.4, 0.5) is 0 Å². The smallest absolute Gasteiger partial charge is 0.152 e. The Hall–Kier alpha value is -0.610. The summed E-state index contributed by atoms with van der Waals surface area (Å²) in [6.07, 6.45) is 0. The van der Waals surface area contributed by atoms with Gasteiger partial charge in [0.15, 0.2) is 5.75 Å². The minimum atomic E-state index is -0.0790. The average Bonchev–Trinajstić information content (AvgIpc) is 2.99. The normalized spacial score (nSPS) is 22.1. The van der Waals surface area contributed by atoms with Crippen molar-refractivity contribution >= 4 is 15.9 Å². The highest BCUT2D eigenvalue weighted by Crippen LogP contribution is 2.29. The first-order valence-electron chi connectivity index (χ1n) is 5.49. The second-order valence-corrected chi connectivity index (χ2v) is 4.52. The number of pyridine rings is 1. The predicted octanol–water partition coefficient (Wildman–Crippen LogP) is 3.35. The van der Waals surface area contributed by atoms with Crippen LogP contribution in [0.2, 0.25) is 0 Å². The molecule has 1 aliphatic rings. The van der Waals surface area contributed by atoms with Gasteiger partial charge in [-0.1, -0.05) is 13.8 Å². The SMILES string of the molecule is CC.Cc1ccc(OCC2(C)CO2)c(Br)n1. The van der Waals surface area contributed by atoms with Crippen molar-refractivity contribution in [2.75, 3.05) is 13.2 Å². The molecule has 1 atom stereocenters. The Morgan fingerprint density at radius 3 is 2.62 bits per heavy atom. The molecule has 4 heteroatoms. The molecule has 0 aliphatic carbocycles. The monoisotopic (exact) mass is 287 g/mol. The number of nitrogens with zero attached hydrogens (tertiary/aromatic N) is 1. The molecule has 1 unspecified atom stereocenters. The molecule has 1 saturated heterocycles. The second-order valence-electron chi connectivity index (χ2n) is 3.77. The molecule has 1 fully saturated rings. The lowest BCUT2D eigenvalue weighted by Crippen LogP contribution is -2.17. The third kappa shape index (κ3) is 3.76. The Balaban J connectivity index is 0.000000606. The van der Waals surface area contributed by atoms with Crippen LogP contribution in [0, 0.1) is 6.92 Å². The van der Waals surface area contributed by atoms with E-state index in [1.54, 1.807) is 0 Å². The van der Waals surface area contributed by atoms with E-state index in [-0.39, 0.29) is 5.60 Å². The molecule has 0 N–H and O–H groups in total. The van der Waals surface area contributed by atoms with E-state index in [9.17, 15) is 0 Å². The van der Waals surface area contributed by atoms with E-state index in [0.29, 0.717) is 6.61 Å². The topological polar surface area (TPSA) is 34.6 Å². The second kappa shape index (κ2) is 5.64. The van der Waals surface area contributed by atoms with Gasteiger partial charge in [-0.05, 0) is 41.9 Å². The molecule has 1 aromatic heterocycles. The standard InChI is InChI=1S/C10H12BrNO2.C2H6/c1-7-3-4-8(9(11)12-7)13-5-10(2)6-14-10;1-2/h3-4H,5-6H2,1-2H3;1-2H3. The van der Waals surface area contributed by atoms with Crippen molar-refractivity contribution in [2.24, 2.45) is 0 Å². The molecular formula is C12H18BrNO2. The molecule has 90 valence electrons. The summed E-state index contributed by atoms with van der Waals surface area (Å²) in [5.74, 6) is 0.771. The fourth-order valence-electron chi connectivity index (χ4n) is 1.06. The number of aromatic nitrogens is 1. The first-order chi connectivity index (χ1) is 7.59. The minimum Gasteiger partial charge on any atom is -0.488 e. The molecule has 0 aromatic carbocycles. The van der Waals surface area contributed by atoms with Gasteiger partial charge in [0, 0.05) is 5.69 Å². The van der Waals surface area contributed by atoms with Crippen molar-refractivity contribution in [3.8, 4) is 5.75 Å². The highest BCUT2D eigenvalue weighted by Gasteiger charge is 2.40. The summed E-state index contributed by atoms with van der Waals surface area (Å²) in [5.41, 5.74) is 0.891. The van der Waals surface area contributed by atoms with Gasteiger partial charge < -0.3 is 9.47 Å². The fourth-order valence-corrected chi connectivity index (χ4v) is 1.58. The molecule has 0 spiro atoms. The van der Waals surface area contributed by atoms with E-state index >= 15 is 0 Å². The van der Waals surface area contributed by atoms with Crippen LogP contribution in [0.3, 0.4) is 0 Å². The molecule has 2 rings (SSSR count). The van der Waals surface area contributed by atoms with Gasteiger partial charge in [0.25, 0.3) is 0 Å². The summed E-state index contributed by atoms with van der Waals surface area (Å²) in [5, 5.41) is 0. The molecule has 0 bridgehead atoms. The average molecular weight is 288 g/mol. The lowest BCUT2D eigenvalue weighted by Gasteiger charge is -2.09. The van der Waals surface area contributed by atoms with Gasteiger partial charge in [0.1, 0.15) is 16.8 Å². The van der Waals surface area contributed by atoms with Gasteiger partial charge in [-0.15, -0.1) is 0 Å². The van der Waals surface area contributed by atoms with Gasteiger partial charge in [0.05, 0.1) is 6.61 Å². The lowest BCUT2D eigenvalue weighted by molar-refractivity contribution is 0.201. The summed E-state index contributed by atoms with van der Waals surface area (Å²) >= 11 is 3.36. The number of halogens is 1. The van der Waals surface area contributed by atoms with Crippen molar-refractivity contribution < 1.29 is 9.47 Å². The van der Waals surface area contributed by atoms with Crippen LogP contribution in [0.15, 0.2) is 16.7 Å². The summed E-state index contributed by atoms with van der Waals surface area (Å²) < 4.78 is 11.6. The Kier molecular flexibility index (Phi) is 4.74. The Bertz CT molecular complexity index is 351. The summed E-state index contributed by atoms with van der Waals surface area (Å²) in [6, 6.07) is 3.84. The highest BCUT2D eigenvalue weighted by atomic mass is 79.9. The maximum atomic E-state index is 5.58. The number of aryl methyl sites for hydroxylation is 1. The molecule has 16 heavy (non-hydrogen) atoms. The maximum Gasteiger partial charge on any atom is 0.152 e. The van der Waals surface area contributed by atoms with Crippen LogP contribution in [0.25, 0.3) is 0 Å².